The van der Waals surface area contributed by atoms with Crippen molar-refractivity contribution in [3.63, 3.8) is 0 Å². The first-order chi connectivity index (χ1) is 10.0. The predicted molar refractivity (Wildman–Crippen MR) is 83.4 cm³/mol. The molecule has 0 amide bonds. The maximum atomic E-state index is 9.43. The maximum absolute atomic E-state index is 9.43. The minimum Gasteiger partial charge on any atom is -0.508 e. The lowest BCUT2D eigenvalue weighted by Gasteiger charge is -2.10. The van der Waals surface area contributed by atoms with Crippen LogP contribution in [-0.2, 0) is 13.6 Å². The van der Waals surface area contributed by atoms with Gasteiger partial charge in [-0.3, -0.25) is 4.68 Å². The van der Waals surface area contributed by atoms with Crippen LogP contribution in [-0.4, -0.2) is 19.9 Å². The number of rotatable bonds is 3. The van der Waals surface area contributed by atoms with Crippen LogP contribution < -0.4 is 5.32 Å². The number of phenols is 1. The molecule has 2 aromatic heterocycles. The molecule has 0 spiro atoms. The van der Waals surface area contributed by atoms with E-state index >= 15 is 0 Å². The second kappa shape index (κ2) is 5.09. The topological polar surface area (TPSA) is 63.0 Å². The third kappa shape index (κ3) is 2.54. The Labute approximate surface area is 123 Å². The molecule has 1 aromatic carbocycles. The Hall–Kier alpha value is -2.56. The Kier molecular flexibility index (Phi) is 3.25. The number of aryl methyl sites for hydroxylation is 3. The minimum atomic E-state index is 0.284. The molecule has 2 heterocycles. The van der Waals surface area contributed by atoms with Crippen LogP contribution in [0.1, 0.15) is 16.8 Å². The van der Waals surface area contributed by atoms with Gasteiger partial charge in [0.05, 0.1) is 5.69 Å². The molecule has 3 rings (SSSR count). The maximum Gasteiger partial charge on any atom is 0.157 e. The van der Waals surface area contributed by atoms with Crippen molar-refractivity contribution < 1.29 is 5.11 Å². The van der Waals surface area contributed by atoms with Gasteiger partial charge in [0.2, 0.25) is 0 Å². The molecule has 0 saturated carbocycles. The number of aromatic hydroxyl groups is 1. The van der Waals surface area contributed by atoms with E-state index in [-0.39, 0.29) is 5.75 Å². The Morgan fingerprint density at radius 1 is 1.24 bits per heavy atom. The smallest absolute Gasteiger partial charge is 0.157 e. The third-order valence-corrected chi connectivity index (χ3v) is 3.61. The van der Waals surface area contributed by atoms with Gasteiger partial charge in [0.1, 0.15) is 5.75 Å². The van der Waals surface area contributed by atoms with Crippen LogP contribution in [0.3, 0.4) is 0 Å². The number of anilines is 1. The molecule has 0 atom stereocenters. The van der Waals surface area contributed by atoms with Crippen LogP contribution in [0.25, 0.3) is 11.0 Å². The Balaban J connectivity index is 1.83. The van der Waals surface area contributed by atoms with Gasteiger partial charge in [-0.05, 0) is 49.2 Å². The van der Waals surface area contributed by atoms with Gasteiger partial charge in [0, 0.05) is 30.9 Å². The summed E-state index contributed by atoms with van der Waals surface area (Å²) in [4.78, 5) is 4.47. The third-order valence-electron chi connectivity index (χ3n) is 3.61. The van der Waals surface area contributed by atoms with E-state index in [2.05, 4.69) is 21.5 Å². The molecule has 108 valence electrons. The quantitative estimate of drug-likeness (QED) is 0.725. The number of pyridine rings is 1. The number of nitrogens with zero attached hydrogens (tertiary/aromatic N) is 3. The zero-order valence-electron chi connectivity index (χ0n) is 12.4. The molecule has 3 aromatic rings. The average molecular weight is 282 g/mol. The number of phenolic OH excluding ortho intramolecular Hbond substituents is 1. The highest BCUT2D eigenvalue weighted by Gasteiger charge is 2.07. The van der Waals surface area contributed by atoms with E-state index < -0.39 is 0 Å². The van der Waals surface area contributed by atoms with Gasteiger partial charge in [0.15, 0.2) is 5.65 Å². The molecule has 0 aliphatic heterocycles. The van der Waals surface area contributed by atoms with Crippen molar-refractivity contribution in [2.24, 2.45) is 7.05 Å². The Bertz CT molecular complexity index is 807. The SMILES string of the molecule is Cc1cc(O)ccc1NCc1cnc2c(c1)c(C)nn2C. The molecular formula is C16H18N4O. The molecule has 0 saturated heterocycles. The standard InChI is InChI=1S/C16H18N4O/c1-10-6-13(21)4-5-15(10)17-8-12-7-14-11(2)19-20(3)16(14)18-9-12/h4-7,9,17,21H,8H2,1-3H3. The Morgan fingerprint density at radius 2 is 2.05 bits per heavy atom. The molecule has 5 heteroatoms. The zero-order chi connectivity index (χ0) is 15.0. The van der Waals surface area contributed by atoms with Crippen LogP contribution in [0, 0.1) is 13.8 Å². The lowest BCUT2D eigenvalue weighted by molar-refractivity contribution is 0.475. The van der Waals surface area contributed by atoms with Gasteiger partial charge in [-0.25, -0.2) is 4.98 Å². The van der Waals surface area contributed by atoms with E-state index in [9.17, 15) is 5.11 Å². The molecule has 0 radical (unpaired) electrons. The molecule has 5 nitrogen and oxygen atoms in total. The van der Waals surface area contributed by atoms with Crippen molar-refractivity contribution in [3.05, 3.63) is 47.3 Å². The first-order valence-electron chi connectivity index (χ1n) is 6.86. The highest BCUT2D eigenvalue weighted by molar-refractivity contribution is 5.78. The fourth-order valence-corrected chi connectivity index (χ4v) is 2.49. The molecule has 0 aliphatic carbocycles. The highest BCUT2D eigenvalue weighted by Crippen LogP contribution is 2.21. The number of benzene rings is 1. The fourth-order valence-electron chi connectivity index (χ4n) is 2.49. The van der Waals surface area contributed by atoms with Crippen LogP contribution in [0.15, 0.2) is 30.5 Å². The van der Waals surface area contributed by atoms with Crippen molar-refractivity contribution in [2.45, 2.75) is 20.4 Å². The summed E-state index contributed by atoms with van der Waals surface area (Å²) in [7, 11) is 1.90. The number of hydrogen-bond donors (Lipinski definition) is 2. The fraction of sp³-hybridized carbons (Fsp3) is 0.250. The number of fused-ring (bicyclic) bond motifs is 1. The normalized spacial score (nSPS) is 11.0. The molecule has 0 aliphatic rings. The summed E-state index contributed by atoms with van der Waals surface area (Å²) in [6.45, 7) is 4.64. The summed E-state index contributed by atoms with van der Waals surface area (Å²) in [5.41, 5.74) is 5.02. The largest absolute Gasteiger partial charge is 0.508 e. The van der Waals surface area contributed by atoms with Crippen molar-refractivity contribution in [1.82, 2.24) is 14.8 Å². The van der Waals surface area contributed by atoms with Crippen molar-refractivity contribution >= 4 is 16.7 Å². The van der Waals surface area contributed by atoms with E-state index in [1.807, 2.05) is 33.2 Å². The Morgan fingerprint density at radius 3 is 2.81 bits per heavy atom. The minimum absolute atomic E-state index is 0.284. The summed E-state index contributed by atoms with van der Waals surface area (Å²) in [6.07, 6.45) is 1.87. The number of hydrogen-bond acceptors (Lipinski definition) is 4. The van der Waals surface area contributed by atoms with Crippen LogP contribution in [0.2, 0.25) is 0 Å². The lowest BCUT2D eigenvalue weighted by atomic mass is 10.1. The van der Waals surface area contributed by atoms with Crippen LogP contribution >= 0.6 is 0 Å². The summed E-state index contributed by atoms with van der Waals surface area (Å²) < 4.78 is 1.80. The first kappa shape index (κ1) is 13.4. The second-order valence-electron chi connectivity index (χ2n) is 5.28. The van der Waals surface area contributed by atoms with Gasteiger partial charge >= 0.3 is 0 Å². The predicted octanol–water partition coefficient (Wildman–Crippen LogP) is 2.90. The van der Waals surface area contributed by atoms with E-state index in [0.29, 0.717) is 6.54 Å². The molecule has 2 N–H and O–H groups in total. The van der Waals surface area contributed by atoms with E-state index in [1.54, 1.807) is 16.8 Å². The number of nitrogens with one attached hydrogen (secondary N) is 1. The second-order valence-corrected chi connectivity index (χ2v) is 5.28. The van der Waals surface area contributed by atoms with E-state index in [4.69, 9.17) is 0 Å². The summed E-state index contributed by atoms with van der Waals surface area (Å²) >= 11 is 0. The molecule has 0 fully saturated rings. The summed E-state index contributed by atoms with van der Waals surface area (Å²) in [6, 6.07) is 7.43. The van der Waals surface area contributed by atoms with Crippen molar-refractivity contribution in [3.8, 4) is 5.75 Å². The highest BCUT2D eigenvalue weighted by atomic mass is 16.3. The van der Waals surface area contributed by atoms with E-state index in [0.717, 1.165) is 33.5 Å². The van der Waals surface area contributed by atoms with Crippen LogP contribution in [0.5, 0.6) is 5.75 Å². The van der Waals surface area contributed by atoms with Crippen molar-refractivity contribution in [2.75, 3.05) is 5.32 Å². The molecule has 21 heavy (non-hydrogen) atoms. The lowest BCUT2D eigenvalue weighted by Crippen LogP contribution is -2.01. The van der Waals surface area contributed by atoms with Gasteiger partial charge in [-0.2, -0.15) is 5.10 Å². The average Bonchev–Trinajstić information content (AvgIpc) is 2.73. The van der Waals surface area contributed by atoms with Crippen molar-refractivity contribution in [1.29, 1.82) is 0 Å². The zero-order valence-corrected chi connectivity index (χ0v) is 12.4. The van der Waals surface area contributed by atoms with Gasteiger partial charge < -0.3 is 10.4 Å². The summed E-state index contributed by atoms with van der Waals surface area (Å²) in [5.74, 6) is 0.284. The van der Waals surface area contributed by atoms with Gasteiger partial charge in [-0.15, -0.1) is 0 Å². The molecule has 0 bridgehead atoms. The van der Waals surface area contributed by atoms with Gasteiger partial charge in [-0.1, -0.05) is 0 Å². The van der Waals surface area contributed by atoms with E-state index in [1.165, 1.54) is 0 Å². The monoisotopic (exact) mass is 282 g/mol. The molecular weight excluding hydrogens is 264 g/mol. The summed E-state index contributed by atoms with van der Waals surface area (Å²) in [5, 5.41) is 18.3. The first-order valence-corrected chi connectivity index (χ1v) is 6.86. The number of aromatic nitrogens is 3. The van der Waals surface area contributed by atoms with Gasteiger partial charge in [0.25, 0.3) is 0 Å². The van der Waals surface area contributed by atoms with Crippen LogP contribution in [0.4, 0.5) is 5.69 Å². The molecule has 0 unspecified atom stereocenters.